The van der Waals surface area contributed by atoms with Gasteiger partial charge in [0.1, 0.15) is 5.75 Å². The molecule has 3 heteroatoms. The van der Waals surface area contributed by atoms with Crippen LogP contribution in [-0.2, 0) is 10.2 Å². The third kappa shape index (κ3) is 1.82. The Morgan fingerprint density at radius 1 is 1.14 bits per heavy atom. The van der Waals surface area contributed by atoms with Crippen molar-refractivity contribution in [2.24, 2.45) is 23.0 Å². The molecule has 0 radical (unpaired) electrons. The molecular formula is C18H23NO2. The van der Waals surface area contributed by atoms with Gasteiger partial charge in [-0.15, -0.1) is 0 Å². The van der Waals surface area contributed by atoms with Crippen LogP contribution in [0.25, 0.3) is 0 Å². The third-order valence-corrected chi connectivity index (χ3v) is 6.29. The van der Waals surface area contributed by atoms with Crippen molar-refractivity contribution >= 4 is 5.91 Å². The van der Waals surface area contributed by atoms with Crippen LogP contribution < -0.4 is 10.5 Å². The Balaban J connectivity index is 1.75. The molecule has 0 spiro atoms. The predicted octanol–water partition coefficient (Wildman–Crippen LogP) is 3.02. The Kier molecular flexibility index (Phi) is 2.66. The Hall–Kier alpha value is -1.51. The van der Waals surface area contributed by atoms with E-state index in [0.29, 0.717) is 11.8 Å². The summed E-state index contributed by atoms with van der Waals surface area (Å²) in [5, 5.41) is 0. The summed E-state index contributed by atoms with van der Waals surface area (Å²) in [6.07, 6.45) is 6.75. The molecule has 0 saturated heterocycles. The molecule has 5 rings (SSSR count). The Labute approximate surface area is 125 Å². The minimum Gasteiger partial charge on any atom is -0.497 e. The molecule has 4 aliphatic carbocycles. The first-order chi connectivity index (χ1) is 10.1. The molecular weight excluding hydrogens is 262 g/mol. The highest BCUT2D eigenvalue weighted by Gasteiger charge is 2.60. The van der Waals surface area contributed by atoms with Gasteiger partial charge in [0, 0.05) is 0 Å². The normalized spacial score (nSPS) is 40.2. The number of amides is 1. The number of carbonyl (C=O) groups is 1. The SMILES string of the molecule is COc1ccc(C23C[C@@H]4C[C@@H](CC(C(N)=O)(C4)C2)C3)cc1. The van der Waals surface area contributed by atoms with E-state index in [1.54, 1.807) is 7.11 Å². The smallest absolute Gasteiger partial charge is 0.223 e. The number of nitrogens with two attached hydrogens (primary N) is 1. The number of rotatable bonds is 3. The first-order valence-corrected chi connectivity index (χ1v) is 8.00. The lowest BCUT2D eigenvalue weighted by Gasteiger charge is -2.61. The van der Waals surface area contributed by atoms with Gasteiger partial charge in [0.25, 0.3) is 0 Å². The minimum absolute atomic E-state index is 0.0607. The van der Waals surface area contributed by atoms with Gasteiger partial charge < -0.3 is 10.5 Å². The molecule has 4 fully saturated rings. The monoisotopic (exact) mass is 285 g/mol. The van der Waals surface area contributed by atoms with E-state index in [9.17, 15) is 4.79 Å². The van der Waals surface area contributed by atoms with Crippen LogP contribution in [-0.4, -0.2) is 13.0 Å². The topological polar surface area (TPSA) is 52.3 Å². The number of benzene rings is 1. The molecule has 1 aromatic carbocycles. The van der Waals surface area contributed by atoms with E-state index in [0.717, 1.165) is 25.0 Å². The number of ether oxygens (including phenoxy) is 1. The summed E-state index contributed by atoms with van der Waals surface area (Å²) in [5.41, 5.74) is 7.13. The second-order valence-electron chi connectivity index (χ2n) is 7.61. The van der Waals surface area contributed by atoms with E-state index in [4.69, 9.17) is 10.5 Å². The lowest BCUT2D eigenvalue weighted by Crippen LogP contribution is -2.58. The van der Waals surface area contributed by atoms with Crippen LogP contribution in [0.1, 0.15) is 44.1 Å². The standard InChI is InChI=1S/C18H23NO2/c1-21-15-4-2-14(3-5-15)17-7-12-6-13(8-17)10-18(9-12,11-17)16(19)20/h2-5,12-13H,6-11H2,1H3,(H2,19,20)/t12-,13+,17?,18?. The Morgan fingerprint density at radius 2 is 1.76 bits per heavy atom. The van der Waals surface area contributed by atoms with Gasteiger partial charge in [0.05, 0.1) is 12.5 Å². The van der Waals surface area contributed by atoms with Crippen molar-refractivity contribution in [2.75, 3.05) is 7.11 Å². The van der Waals surface area contributed by atoms with Crippen LogP contribution in [0.15, 0.2) is 24.3 Å². The van der Waals surface area contributed by atoms with Gasteiger partial charge in [-0.2, -0.15) is 0 Å². The van der Waals surface area contributed by atoms with Crippen LogP contribution in [0, 0.1) is 17.3 Å². The maximum absolute atomic E-state index is 12.1. The quantitative estimate of drug-likeness (QED) is 0.928. The fourth-order valence-corrected chi connectivity index (χ4v) is 5.83. The zero-order valence-corrected chi connectivity index (χ0v) is 12.6. The third-order valence-electron chi connectivity index (χ3n) is 6.29. The first-order valence-electron chi connectivity index (χ1n) is 8.00. The fraction of sp³-hybridized carbons (Fsp3) is 0.611. The van der Waals surface area contributed by atoms with Crippen LogP contribution in [0.3, 0.4) is 0 Å². The molecule has 1 amide bonds. The molecule has 2 N–H and O–H groups in total. The van der Waals surface area contributed by atoms with Gasteiger partial charge in [0.2, 0.25) is 5.91 Å². The van der Waals surface area contributed by atoms with Crippen molar-refractivity contribution in [3.05, 3.63) is 29.8 Å². The van der Waals surface area contributed by atoms with Gasteiger partial charge >= 0.3 is 0 Å². The van der Waals surface area contributed by atoms with E-state index in [-0.39, 0.29) is 16.7 Å². The maximum atomic E-state index is 12.1. The van der Waals surface area contributed by atoms with Crippen LogP contribution in [0.4, 0.5) is 0 Å². The largest absolute Gasteiger partial charge is 0.497 e. The van der Waals surface area contributed by atoms with Gasteiger partial charge in [-0.25, -0.2) is 0 Å². The lowest BCUT2D eigenvalue weighted by atomic mass is 9.42. The number of methoxy groups -OCH3 is 1. The predicted molar refractivity (Wildman–Crippen MR) is 81.0 cm³/mol. The van der Waals surface area contributed by atoms with Crippen LogP contribution >= 0.6 is 0 Å². The van der Waals surface area contributed by atoms with E-state index >= 15 is 0 Å². The molecule has 21 heavy (non-hydrogen) atoms. The summed E-state index contributed by atoms with van der Waals surface area (Å²) in [5.74, 6) is 2.20. The van der Waals surface area contributed by atoms with E-state index in [2.05, 4.69) is 12.1 Å². The zero-order valence-electron chi connectivity index (χ0n) is 12.6. The van der Waals surface area contributed by atoms with E-state index < -0.39 is 0 Å². The van der Waals surface area contributed by atoms with E-state index in [1.165, 1.54) is 24.8 Å². The van der Waals surface area contributed by atoms with Gasteiger partial charge in [-0.3, -0.25) is 4.79 Å². The highest BCUT2D eigenvalue weighted by molar-refractivity contribution is 5.81. The number of hydrogen-bond acceptors (Lipinski definition) is 2. The summed E-state index contributed by atoms with van der Waals surface area (Å²) in [6.45, 7) is 0. The van der Waals surface area contributed by atoms with E-state index in [1.807, 2.05) is 12.1 Å². The molecule has 0 aliphatic heterocycles. The van der Waals surface area contributed by atoms with Gasteiger partial charge in [-0.05, 0) is 73.5 Å². The van der Waals surface area contributed by atoms with Crippen LogP contribution in [0.2, 0.25) is 0 Å². The maximum Gasteiger partial charge on any atom is 0.223 e. The summed E-state index contributed by atoms with van der Waals surface area (Å²) in [6, 6.07) is 8.48. The number of primary amides is 1. The van der Waals surface area contributed by atoms with Gasteiger partial charge in [-0.1, -0.05) is 12.1 Å². The van der Waals surface area contributed by atoms with Crippen molar-refractivity contribution in [3.63, 3.8) is 0 Å². The lowest BCUT2D eigenvalue weighted by molar-refractivity contribution is -0.145. The highest BCUT2D eigenvalue weighted by atomic mass is 16.5. The van der Waals surface area contributed by atoms with Crippen molar-refractivity contribution < 1.29 is 9.53 Å². The van der Waals surface area contributed by atoms with Crippen molar-refractivity contribution in [3.8, 4) is 5.75 Å². The summed E-state index contributed by atoms with van der Waals surface area (Å²) in [4.78, 5) is 12.1. The minimum atomic E-state index is -0.232. The first kappa shape index (κ1) is 13.2. The molecule has 1 aromatic rings. The summed E-state index contributed by atoms with van der Waals surface area (Å²) < 4.78 is 5.27. The molecule has 4 bridgehead atoms. The average molecular weight is 285 g/mol. The molecule has 0 heterocycles. The van der Waals surface area contributed by atoms with Crippen molar-refractivity contribution in [1.29, 1.82) is 0 Å². The fourth-order valence-electron chi connectivity index (χ4n) is 5.83. The Morgan fingerprint density at radius 3 is 2.29 bits per heavy atom. The van der Waals surface area contributed by atoms with Crippen molar-refractivity contribution in [2.45, 2.75) is 43.9 Å². The summed E-state index contributed by atoms with van der Waals surface area (Å²) >= 11 is 0. The Bertz CT molecular complexity index is 563. The van der Waals surface area contributed by atoms with Crippen molar-refractivity contribution in [1.82, 2.24) is 0 Å². The van der Waals surface area contributed by atoms with Gasteiger partial charge in [0.15, 0.2) is 0 Å². The zero-order chi connectivity index (χ0) is 14.7. The highest BCUT2D eigenvalue weighted by Crippen LogP contribution is 2.65. The molecule has 4 aliphatic rings. The number of hydrogen-bond donors (Lipinski definition) is 1. The second-order valence-corrected chi connectivity index (χ2v) is 7.61. The molecule has 4 saturated carbocycles. The average Bonchev–Trinajstić information content (AvgIpc) is 2.46. The summed E-state index contributed by atoms with van der Waals surface area (Å²) in [7, 11) is 1.70. The molecule has 3 nitrogen and oxygen atoms in total. The van der Waals surface area contributed by atoms with Crippen LogP contribution in [0.5, 0.6) is 5.75 Å². The molecule has 2 unspecified atom stereocenters. The molecule has 4 atom stereocenters. The molecule has 112 valence electrons. The second kappa shape index (κ2) is 4.25. The number of carbonyl (C=O) groups excluding carboxylic acids is 1. The molecule has 0 aromatic heterocycles.